The summed E-state index contributed by atoms with van der Waals surface area (Å²) in [5, 5.41) is 2.68. The highest BCUT2D eigenvalue weighted by Gasteiger charge is 2.46. The van der Waals surface area contributed by atoms with Crippen LogP contribution in [0, 0.1) is 0 Å². The van der Waals surface area contributed by atoms with Crippen LogP contribution in [0.3, 0.4) is 0 Å². The van der Waals surface area contributed by atoms with E-state index in [0.29, 0.717) is 37.5 Å². The molecule has 1 aromatic rings. The first-order valence-electron chi connectivity index (χ1n) is 13.4. The predicted octanol–water partition coefficient (Wildman–Crippen LogP) is 5.58. The van der Waals surface area contributed by atoms with Gasteiger partial charge in [0.1, 0.15) is 11.2 Å². The van der Waals surface area contributed by atoms with Crippen LogP contribution in [-0.2, 0) is 9.47 Å². The van der Waals surface area contributed by atoms with E-state index in [1.54, 1.807) is 0 Å². The fraction of sp³-hybridized carbons (Fsp3) is 0.714. The molecule has 2 saturated heterocycles. The monoisotopic (exact) mass is 547 g/mol. The summed E-state index contributed by atoms with van der Waals surface area (Å²) in [7, 11) is 4.84. The van der Waals surface area contributed by atoms with Crippen LogP contribution in [0.5, 0.6) is 0 Å². The molecule has 0 aromatic heterocycles. The van der Waals surface area contributed by atoms with Gasteiger partial charge < -0.3 is 19.3 Å². The van der Waals surface area contributed by atoms with Crippen LogP contribution in [0.25, 0.3) is 0 Å². The molecule has 0 spiro atoms. The number of hydrogen-bond donors (Lipinski definition) is 0. The third-order valence-electron chi connectivity index (χ3n) is 7.23. The van der Waals surface area contributed by atoms with E-state index < -0.39 is 26.3 Å². The number of carbonyl (C=O) groups excluding carboxylic acids is 2. The Bertz CT molecular complexity index is 969. The third-order valence-corrected chi connectivity index (χ3v) is 15.0. The summed E-state index contributed by atoms with van der Waals surface area (Å²) in [6, 6.07) is 8.74. The highest BCUT2D eigenvalue weighted by molar-refractivity contribution is 8.04. The second-order valence-corrected chi connectivity index (χ2v) is 19.9. The van der Waals surface area contributed by atoms with Crippen LogP contribution in [-0.4, -0.2) is 89.6 Å². The second-order valence-electron chi connectivity index (χ2n) is 12.9. The van der Waals surface area contributed by atoms with Gasteiger partial charge in [0, 0.05) is 29.7 Å². The number of ether oxygens (including phenoxy) is 2. The van der Waals surface area contributed by atoms with Gasteiger partial charge in [-0.3, -0.25) is 7.57 Å². The first-order valence-corrected chi connectivity index (χ1v) is 16.9. The average molecular weight is 547 g/mol. The summed E-state index contributed by atoms with van der Waals surface area (Å²) in [5.41, 5.74) is -0.0524. The van der Waals surface area contributed by atoms with Gasteiger partial charge >= 0.3 is 12.2 Å². The molecule has 1 aromatic carbocycles. The van der Waals surface area contributed by atoms with Crippen molar-refractivity contribution in [2.45, 2.75) is 103 Å². The topological polar surface area (TPSA) is 59.1 Å². The van der Waals surface area contributed by atoms with Gasteiger partial charge in [0.15, 0.2) is 0 Å². The molecule has 37 heavy (non-hydrogen) atoms. The Morgan fingerprint density at radius 3 is 1.65 bits per heavy atom. The minimum Gasteiger partial charge on any atom is -0.444 e. The van der Waals surface area contributed by atoms with E-state index in [9.17, 15) is 9.59 Å². The molecule has 2 aliphatic rings. The van der Waals surface area contributed by atoms with E-state index in [0.717, 1.165) is 0 Å². The minimum atomic E-state index is -2.08. The molecule has 2 heterocycles. The Kier molecular flexibility index (Phi) is 9.03. The zero-order valence-corrected chi connectivity index (χ0v) is 26.2. The number of carbonyl (C=O) groups is 2. The molecule has 6 nitrogen and oxygen atoms in total. The van der Waals surface area contributed by atoms with Crippen LogP contribution < -0.4 is 10.6 Å². The van der Waals surface area contributed by atoms with Crippen molar-refractivity contribution in [3.63, 3.8) is 0 Å². The second kappa shape index (κ2) is 11.0. The molecule has 0 aliphatic carbocycles. The lowest BCUT2D eigenvalue weighted by molar-refractivity contribution is 0.0234. The maximum atomic E-state index is 12.9. The van der Waals surface area contributed by atoms with Gasteiger partial charge in [0.05, 0.1) is 18.4 Å². The Morgan fingerprint density at radius 2 is 1.22 bits per heavy atom. The van der Waals surface area contributed by atoms with E-state index in [-0.39, 0.29) is 23.5 Å². The van der Waals surface area contributed by atoms with Crippen molar-refractivity contribution < 1.29 is 19.1 Å². The Hall–Kier alpha value is -1.32. The average Bonchev–Trinajstić information content (AvgIpc) is 2.74. The van der Waals surface area contributed by atoms with Crippen molar-refractivity contribution in [1.82, 2.24) is 9.80 Å². The molecule has 0 bridgehead atoms. The minimum absolute atomic E-state index is 0.161. The van der Waals surface area contributed by atoms with Crippen molar-refractivity contribution >= 4 is 45.4 Å². The number of benzene rings is 1. The van der Waals surface area contributed by atoms with Crippen LogP contribution in [0.1, 0.15) is 69.2 Å². The van der Waals surface area contributed by atoms with Crippen LogP contribution in [0.2, 0.25) is 0 Å². The van der Waals surface area contributed by atoms with Gasteiger partial charge in [0.2, 0.25) is 0 Å². The maximum absolute atomic E-state index is 12.9. The number of amides is 2. The summed E-state index contributed by atoms with van der Waals surface area (Å²) in [4.78, 5) is 29.4. The van der Waals surface area contributed by atoms with Crippen molar-refractivity contribution in [1.29, 1.82) is 0 Å². The number of hydrogen-bond acceptors (Lipinski definition) is 4. The van der Waals surface area contributed by atoms with Crippen molar-refractivity contribution in [3.8, 4) is 0 Å². The van der Waals surface area contributed by atoms with E-state index in [2.05, 4.69) is 52.0 Å². The van der Waals surface area contributed by atoms with Gasteiger partial charge in [0.25, 0.3) is 0 Å². The van der Waals surface area contributed by atoms with Crippen molar-refractivity contribution in [2.24, 2.45) is 0 Å². The summed E-state index contributed by atoms with van der Waals surface area (Å²) < 4.78 is 11.3. The molecule has 0 unspecified atom stereocenters. The number of rotatable bonds is 2. The zero-order valence-electron chi connectivity index (χ0n) is 24.4. The highest BCUT2D eigenvalue weighted by atomic mass is 31.2. The molecule has 2 amide bonds. The smallest absolute Gasteiger partial charge is 0.410 e. The number of nitrogens with zero attached hydrogens (tertiary/aromatic N) is 2. The van der Waals surface area contributed by atoms with Crippen LogP contribution in [0.15, 0.2) is 24.3 Å². The molecule has 0 N–H and O–H groups in total. The summed E-state index contributed by atoms with van der Waals surface area (Å²) in [6.45, 7) is 22.9. The summed E-state index contributed by atoms with van der Waals surface area (Å²) >= 11 is 0. The molecule has 9 heteroatoms. The fourth-order valence-corrected chi connectivity index (χ4v) is 13.2. The maximum Gasteiger partial charge on any atom is 0.410 e. The first kappa shape index (κ1) is 30.2. The predicted molar refractivity (Wildman–Crippen MR) is 159 cm³/mol. The molecule has 0 saturated carbocycles. The van der Waals surface area contributed by atoms with E-state index in [4.69, 9.17) is 17.0 Å². The summed E-state index contributed by atoms with van der Waals surface area (Å²) in [5.74, 6) is 0. The van der Waals surface area contributed by atoms with Crippen LogP contribution >= 0.6 is 15.1 Å². The lowest BCUT2D eigenvalue weighted by Gasteiger charge is -2.54. The van der Waals surface area contributed by atoms with E-state index in [1.165, 1.54) is 10.6 Å². The molecular formula is C28H46BN2O4P2. The molecule has 2 aliphatic heterocycles. The van der Waals surface area contributed by atoms with E-state index in [1.807, 2.05) is 51.3 Å². The molecular weight excluding hydrogens is 501 g/mol. The van der Waals surface area contributed by atoms with Crippen molar-refractivity contribution in [3.05, 3.63) is 24.3 Å². The van der Waals surface area contributed by atoms with Gasteiger partial charge in [-0.25, -0.2) is 16.7 Å². The fourth-order valence-electron chi connectivity index (χ4n) is 5.65. The Morgan fingerprint density at radius 1 is 0.811 bits per heavy atom. The molecule has 3 radical (unpaired) electrons. The van der Waals surface area contributed by atoms with Gasteiger partial charge in [-0.05, 0) is 72.8 Å². The Labute approximate surface area is 227 Å². The van der Waals surface area contributed by atoms with Crippen molar-refractivity contribution in [2.75, 3.05) is 26.2 Å². The summed E-state index contributed by atoms with van der Waals surface area (Å²) in [6.07, 6.45) is -0.486. The van der Waals surface area contributed by atoms with E-state index >= 15 is 0 Å². The van der Waals surface area contributed by atoms with Crippen LogP contribution in [0.4, 0.5) is 9.59 Å². The highest BCUT2D eigenvalue weighted by Crippen LogP contribution is 2.65. The lowest BCUT2D eigenvalue weighted by atomic mass is 10.2. The van der Waals surface area contributed by atoms with Gasteiger partial charge in [-0.15, -0.1) is 0 Å². The first-order chi connectivity index (χ1) is 16.9. The SMILES string of the molecule is [B-][P+]1(c2ccccc2P2[C@H](C)CN(C(=O)OC(C)(C)C)C[C@H]2C)[C@H](C)CN(C(=O)OC(C)(C)C)C[C@H]1C. The molecule has 4 atom stereocenters. The molecule has 3 rings (SSSR count). The third kappa shape index (κ3) is 6.82. The zero-order chi connectivity index (χ0) is 27.9. The molecule has 205 valence electrons. The Balaban J connectivity index is 1.87. The lowest BCUT2D eigenvalue weighted by Crippen LogP contribution is -2.54. The quantitative estimate of drug-likeness (QED) is 0.359. The van der Waals surface area contributed by atoms with Gasteiger partial charge in [-0.2, -0.15) is 0 Å². The molecule has 2 fully saturated rings. The standard InChI is InChI=1S/C28H46BN2O4P2/c1-19-15-30(25(32)34-27(5,6)7)16-20(2)36(19)23-13-11-12-14-24(23)37(29)21(3)17-31(18-22(37)4)26(33)35-28(8,9)10/h11-14,19-22H,15-18H2,1-10H3/t19-,20-,21-,22-/m1/s1. The van der Waals surface area contributed by atoms with Gasteiger partial charge in [-0.1, -0.05) is 40.0 Å². The normalized spacial score (nSPS) is 27.1. The largest absolute Gasteiger partial charge is 0.444 e.